The van der Waals surface area contributed by atoms with E-state index in [4.69, 9.17) is 10.5 Å². The average molecular weight is 245 g/mol. The molecule has 0 fully saturated rings. The number of esters is 1. The van der Waals surface area contributed by atoms with Crippen LogP contribution < -0.4 is 5.73 Å². The van der Waals surface area contributed by atoms with Crippen molar-refractivity contribution in [3.8, 4) is 11.3 Å². The number of aromatic nitrogens is 2. The Morgan fingerprint density at radius 1 is 1.39 bits per heavy atom. The molecule has 1 heterocycles. The molecule has 0 saturated heterocycles. The van der Waals surface area contributed by atoms with Crippen molar-refractivity contribution in [1.29, 1.82) is 0 Å². The molecule has 0 radical (unpaired) electrons. The molecule has 0 aliphatic heterocycles. The Labute approximate surface area is 105 Å². The van der Waals surface area contributed by atoms with Crippen LogP contribution in [-0.2, 0) is 11.8 Å². The van der Waals surface area contributed by atoms with Crippen LogP contribution in [0.2, 0.25) is 0 Å². The summed E-state index contributed by atoms with van der Waals surface area (Å²) in [6.07, 6.45) is 0. The number of hydrogen-bond donors (Lipinski definition) is 1. The minimum atomic E-state index is -0.493. The second-order valence-corrected chi connectivity index (χ2v) is 3.82. The molecular formula is C13H15N3O2. The lowest BCUT2D eigenvalue weighted by Crippen LogP contribution is -2.08. The topological polar surface area (TPSA) is 70.1 Å². The minimum absolute atomic E-state index is 0.165. The van der Waals surface area contributed by atoms with Crippen molar-refractivity contribution in [2.75, 3.05) is 12.3 Å². The van der Waals surface area contributed by atoms with Crippen molar-refractivity contribution in [2.45, 2.75) is 6.92 Å². The molecule has 2 aromatic rings. The smallest absolute Gasteiger partial charge is 0.361 e. The molecule has 1 aromatic heterocycles. The first-order valence-electron chi connectivity index (χ1n) is 5.70. The van der Waals surface area contributed by atoms with Gasteiger partial charge in [-0.3, -0.25) is 4.68 Å². The number of nitrogens with two attached hydrogens (primary N) is 1. The summed E-state index contributed by atoms with van der Waals surface area (Å²) in [5.41, 5.74) is 8.14. The molecule has 94 valence electrons. The number of hydrogen-bond acceptors (Lipinski definition) is 4. The molecule has 0 bridgehead atoms. The van der Waals surface area contributed by atoms with Crippen LogP contribution in [0.25, 0.3) is 11.3 Å². The lowest BCUT2D eigenvalue weighted by Gasteiger charge is -2.02. The quantitative estimate of drug-likeness (QED) is 0.838. The highest BCUT2D eigenvalue weighted by Crippen LogP contribution is 2.28. The summed E-state index contributed by atoms with van der Waals surface area (Å²) in [5, 5.41) is 4.12. The van der Waals surface area contributed by atoms with Gasteiger partial charge in [-0.15, -0.1) is 0 Å². The lowest BCUT2D eigenvalue weighted by atomic mass is 10.1. The summed E-state index contributed by atoms with van der Waals surface area (Å²) in [7, 11) is 1.75. The van der Waals surface area contributed by atoms with Gasteiger partial charge in [-0.05, 0) is 6.92 Å². The largest absolute Gasteiger partial charge is 0.461 e. The highest BCUT2D eigenvalue weighted by Gasteiger charge is 2.21. The van der Waals surface area contributed by atoms with E-state index in [1.54, 1.807) is 18.7 Å². The average Bonchev–Trinajstić information content (AvgIpc) is 2.66. The van der Waals surface area contributed by atoms with Gasteiger partial charge in [0.25, 0.3) is 0 Å². The van der Waals surface area contributed by atoms with Gasteiger partial charge < -0.3 is 10.5 Å². The number of benzene rings is 1. The third kappa shape index (κ3) is 2.07. The number of ether oxygens (including phenoxy) is 1. The molecule has 18 heavy (non-hydrogen) atoms. The number of aryl methyl sites for hydroxylation is 1. The Morgan fingerprint density at radius 3 is 2.67 bits per heavy atom. The molecule has 0 amide bonds. The first-order valence-corrected chi connectivity index (χ1v) is 5.70. The van der Waals surface area contributed by atoms with Crippen molar-refractivity contribution in [2.24, 2.45) is 7.05 Å². The van der Waals surface area contributed by atoms with E-state index in [-0.39, 0.29) is 5.69 Å². The van der Waals surface area contributed by atoms with Crippen molar-refractivity contribution < 1.29 is 9.53 Å². The van der Waals surface area contributed by atoms with E-state index in [0.29, 0.717) is 12.3 Å². The lowest BCUT2D eigenvalue weighted by molar-refractivity contribution is 0.0520. The zero-order chi connectivity index (χ0) is 13.1. The maximum Gasteiger partial charge on any atom is 0.361 e. The van der Waals surface area contributed by atoms with Gasteiger partial charge in [0, 0.05) is 12.6 Å². The van der Waals surface area contributed by atoms with Gasteiger partial charge in [0.1, 0.15) is 0 Å². The van der Waals surface area contributed by atoms with Gasteiger partial charge in [-0.2, -0.15) is 5.10 Å². The second kappa shape index (κ2) is 4.91. The highest BCUT2D eigenvalue weighted by molar-refractivity contribution is 5.97. The van der Waals surface area contributed by atoms with Crippen LogP contribution >= 0.6 is 0 Å². The Bertz CT molecular complexity index is 561. The predicted molar refractivity (Wildman–Crippen MR) is 69.0 cm³/mol. The molecule has 1 aromatic carbocycles. The second-order valence-electron chi connectivity index (χ2n) is 3.82. The molecular weight excluding hydrogens is 230 g/mol. The van der Waals surface area contributed by atoms with Crippen LogP contribution in [0.5, 0.6) is 0 Å². The van der Waals surface area contributed by atoms with Gasteiger partial charge in [0.05, 0.1) is 18.0 Å². The van der Waals surface area contributed by atoms with E-state index in [9.17, 15) is 4.79 Å². The molecule has 0 aliphatic rings. The van der Waals surface area contributed by atoms with Crippen LogP contribution in [0.3, 0.4) is 0 Å². The number of nitrogen functional groups attached to an aromatic ring is 1. The van der Waals surface area contributed by atoms with Gasteiger partial charge in [-0.1, -0.05) is 30.3 Å². The highest BCUT2D eigenvalue weighted by atomic mass is 16.5. The summed E-state index contributed by atoms with van der Waals surface area (Å²) in [4.78, 5) is 11.7. The SMILES string of the molecule is CCOC(=O)c1nn(C)c(-c2ccccc2)c1N. The van der Waals surface area contributed by atoms with Crippen LogP contribution in [0, 0.1) is 0 Å². The summed E-state index contributed by atoms with van der Waals surface area (Å²) >= 11 is 0. The summed E-state index contributed by atoms with van der Waals surface area (Å²) < 4.78 is 6.51. The number of carbonyl (C=O) groups is 1. The maximum absolute atomic E-state index is 11.7. The Kier molecular flexibility index (Phi) is 3.32. The molecule has 0 spiro atoms. The fourth-order valence-corrected chi connectivity index (χ4v) is 1.83. The van der Waals surface area contributed by atoms with Crippen LogP contribution in [0.4, 0.5) is 5.69 Å². The first-order chi connectivity index (χ1) is 8.65. The van der Waals surface area contributed by atoms with Crippen molar-refractivity contribution in [3.63, 3.8) is 0 Å². The Hall–Kier alpha value is -2.30. The predicted octanol–water partition coefficient (Wildman–Crippen LogP) is 1.85. The van der Waals surface area contributed by atoms with E-state index >= 15 is 0 Å². The molecule has 0 unspecified atom stereocenters. The third-order valence-electron chi connectivity index (χ3n) is 2.60. The monoisotopic (exact) mass is 245 g/mol. The number of anilines is 1. The van der Waals surface area contributed by atoms with Crippen molar-refractivity contribution in [3.05, 3.63) is 36.0 Å². The summed E-state index contributed by atoms with van der Waals surface area (Å²) in [6.45, 7) is 2.05. The fourth-order valence-electron chi connectivity index (χ4n) is 1.83. The van der Waals surface area contributed by atoms with Crippen LogP contribution in [-0.4, -0.2) is 22.4 Å². The van der Waals surface area contributed by atoms with Gasteiger partial charge in [-0.25, -0.2) is 4.79 Å². The van der Waals surface area contributed by atoms with E-state index < -0.39 is 5.97 Å². The van der Waals surface area contributed by atoms with Crippen molar-refractivity contribution in [1.82, 2.24) is 9.78 Å². The zero-order valence-corrected chi connectivity index (χ0v) is 10.4. The molecule has 0 atom stereocenters. The normalized spacial score (nSPS) is 10.3. The van der Waals surface area contributed by atoms with Crippen LogP contribution in [0.15, 0.2) is 30.3 Å². The number of carbonyl (C=O) groups excluding carboxylic acids is 1. The molecule has 2 N–H and O–H groups in total. The van der Waals surface area contributed by atoms with E-state index in [2.05, 4.69) is 5.10 Å². The Morgan fingerprint density at radius 2 is 2.06 bits per heavy atom. The van der Waals surface area contributed by atoms with Crippen molar-refractivity contribution >= 4 is 11.7 Å². The third-order valence-corrected chi connectivity index (χ3v) is 2.60. The number of nitrogens with zero attached hydrogens (tertiary/aromatic N) is 2. The number of rotatable bonds is 3. The molecule has 0 saturated carbocycles. The summed E-state index contributed by atoms with van der Waals surface area (Å²) in [5.74, 6) is -0.493. The minimum Gasteiger partial charge on any atom is -0.461 e. The first kappa shape index (κ1) is 12.2. The Balaban J connectivity index is 2.48. The van der Waals surface area contributed by atoms with E-state index in [0.717, 1.165) is 11.3 Å². The fraction of sp³-hybridized carbons (Fsp3) is 0.231. The molecule has 0 aliphatic carbocycles. The molecule has 5 nitrogen and oxygen atoms in total. The van der Waals surface area contributed by atoms with Gasteiger partial charge in [0.15, 0.2) is 5.69 Å². The maximum atomic E-state index is 11.7. The van der Waals surface area contributed by atoms with Crippen LogP contribution in [0.1, 0.15) is 17.4 Å². The van der Waals surface area contributed by atoms with Gasteiger partial charge >= 0.3 is 5.97 Å². The molecule has 2 rings (SSSR count). The van der Waals surface area contributed by atoms with E-state index in [1.165, 1.54) is 0 Å². The standard InChI is InChI=1S/C13H15N3O2/c1-3-18-13(17)11-10(14)12(16(2)15-11)9-7-5-4-6-8-9/h4-8H,3,14H2,1-2H3. The van der Waals surface area contributed by atoms with E-state index in [1.807, 2.05) is 30.3 Å². The van der Waals surface area contributed by atoms with Gasteiger partial charge in [0.2, 0.25) is 0 Å². The summed E-state index contributed by atoms with van der Waals surface area (Å²) in [6, 6.07) is 9.57. The molecule has 5 heteroatoms. The zero-order valence-electron chi connectivity index (χ0n) is 10.4.